The Morgan fingerprint density at radius 1 is 1.11 bits per heavy atom. The first-order valence-electron chi connectivity index (χ1n) is 11.3. The molecule has 0 saturated heterocycles. The van der Waals surface area contributed by atoms with Crippen LogP contribution in [0.5, 0.6) is 0 Å². The predicted octanol–water partition coefficient (Wildman–Crippen LogP) is 6.10. The number of carbonyl (C=O) groups is 1. The first-order valence-corrected chi connectivity index (χ1v) is 11.3. The largest absolute Gasteiger partial charge is 0.393 e. The van der Waals surface area contributed by atoms with Gasteiger partial charge in [0.15, 0.2) is 5.78 Å². The number of carbonyl (C=O) groups excluding carboxylic acids is 1. The van der Waals surface area contributed by atoms with Crippen LogP contribution in [0.2, 0.25) is 0 Å². The summed E-state index contributed by atoms with van der Waals surface area (Å²) in [5, 5.41) is 10.8. The van der Waals surface area contributed by atoms with Gasteiger partial charge in [0, 0.05) is 5.41 Å². The minimum absolute atomic E-state index is 0.0616. The fraction of sp³-hybridized carbons (Fsp3) is 0.808. The molecule has 28 heavy (non-hydrogen) atoms. The lowest BCUT2D eigenvalue weighted by atomic mass is 9.32. The molecule has 0 aromatic carbocycles. The molecule has 3 unspecified atom stereocenters. The maximum Gasteiger partial charge on any atom is 0.153 e. The molecule has 4 aliphatic carbocycles. The highest BCUT2D eigenvalue weighted by Crippen LogP contribution is 2.75. The van der Waals surface area contributed by atoms with Crippen LogP contribution in [0.1, 0.15) is 87.0 Å². The summed E-state index contributed by atoms with van der Waals surface area (Å²) in [5.74, 6) is 1.41. The Bertz CT molecular complexity index is 775. The highest BCUT2D eigenvalue weighted by molar-refractivity contribution is 5.97. The zero-order chi connectivity index (χ0) is 20.9. The number of ketones is 1. The van der Waals surface area contributed by atoms with Crippen molar-refractivity contribution in [3.05, 3.63) is 23.8 Å². The molecule has 4 aliphatic rings. The Kier molecular flexibility index (Phi) is 4.09. The van der Waals surface area contributed by atoms with Gasteiger partial charge in [-0.1, -0.05) is 58.4 Å². The molecule has 0 aromatic rings. The van der Waals surface area contributed by atoms with E-state index in [0.29, 0.717) is 17.6 Å². The second kappa shape index (κ2) is 5.62. The lowest BCUT2D eigenvalue weighted by Crippen LogP contribution is -2.69. The van der Waals surface area contributed by atoms with E-state index >= 15 is 0 Å². The Balaban J connectivity index is 1.94. The SMILES string of the molecule is C=C(C)C12C=C(C)C[C@@](C)(CC3[C@@]4(C)CC[C@H](O)C(C)(C)C4CC[C@]31C)C2=O. The third kappa shape index (κ3) is 2.11. The van der Waals surface area contributed by atoms with Crippen LogP contribution in [0.25, 0.3) is 0 Å². The number of fused-ring (bicyclic) bond motifs is 6. The highest BCUT2D eigenvalue weighted by Gasteiger charge is 2.72. The smallest absolute Gasteiger partial charge is 0.153 e. The summed E-state index contributed by atoms with van der Waals surface area (Å²) in [6.07, 6.45) is 8.08. The van der Waals surface area contributed by atoms with Crippen LogP contribution >= 0.6 is 0 Å². The van der Waals surface area contributed by atoms with Crippen LogP contribution in [0.15, 0.2) is 23.8 Å². The van der Waals surface area contributed by atoms with Gasteiger partial charge in [-0.2, -0.15) is 0 Å². The van der Waals surface area contributed by atoms with Crippen molar-refractivity contribution in [3.8, 4) is 0 Å². The molecule has 3 fully saturated rings. The van der Waals surface area contributed by atoms with Gasteiger partial charge in [-0.15, -0.1) is 0 Å². The Morgan fingerprint density at radius 2 is 1.75 bits per heavy atom. The van der Waals surface area contributed by atoms with Crippen molar-refractivity contribution in [1.82, 2.24) is 0 Å². The van der Waals surface area contributed by atoms with Gasteiger partial charge in [-0.25, -0.2) is 0 Å². The van der Waals surface area contributed by atoms with Gasteiger partial charge in [0.05, 0.1) is 11.5 Å². The minimum atomic E-state index is -0.527. The number of hydrogen-bond donors (Lipinski definition) is 1. The van der Waals surface area contributed by atoms with Gasteiger partial charge in [0.2, 0.25) is 0 Å². The molecule has 0 spiro atoms. The summed E-state index contributed by atoms with van der Waals surface area (Å²) in [6, 6.07) is 0. The number of aliphatic hydroxyl groups is 1. The fourth-order valence-electron chi connectivity index (χ4n) is 8.97. The number of allylic oxidation sites excluding steroid dienone is 3. The van der Waals surface area contributed by atoms with Crippen molar-refractivity contribution in [2.45, 2.75) is 93.1 Å². The van der Waals surface area contributed by atoms with Crippen LogP contribution in [0.4, 0.5) is 0 Å². The highest BCUT2D eigenvalue weighted by atomic mass is 16.3. The standard InChI is InChI=1S/C26H40O2/c1-16(2)26-14-17(3)13-23(6,21(26)28)15-19-24(7)11-10-20(27)22(4,5)18(24)9-12-25(19,26)8/h14,18-20,27H,1,9-13,15H2,2-8H3/t18?,19?,20-,23-,24-,25+,26?/m0/s1. The van der Waals surface area contributed by atoms with Gasteiger partial charge in [0.1, 0.15) is 0 Å². The van der Waals surface area contributed by atoms with Crippen molar-refractivity contribution in [2.24, 2.45) is 38.9 Å². The van der Waals surface area contributed by atoms with E-state index < -0.39 is 5.41 Å². The summed E-state index contributed by atoms with van der Waals surface area (Å²) in [4.78, 5) is 14.0. The molecular weight excluding hydrogens is 344 g/mol. The molecule has 0 heterocycles. The van der Waals surface area contributed by atoms with Crippen molar-refractivity contribution in [1.29, 1.82) is 0 Å². The summed E-state index contributed by atoms with van der Waals surface area (Å²) in [6.45, 7) is 20.4. The zero-order valence-electron chi connectivity index (χ0n) is 19.1. The second-order valence-electron chi connectivity index (χ2n) is 12.3. The van der Waals surface area contributed by atoms with Crippen molar-refractivity contribution >= 4 is 5.78 Å². The lowest BCUT2D eigenvalue weighted by molar-refractivity contribution is -0.214. The Hall–Kier alpha value is -0.890. The number of Topliss-reactive ketones (excluding diaryl/α,β-unsaturated/α-hetero) is 1. The molecule has 0 aliphatic heterocycles. The fourth-order valence-corrected chi connectivity index (χ4v) is 8.97. The van der Waals surface area contributed by atoms with E-state index in [1.807, 2.05) is 0 Å². The van der Waals surface area contributed by atoms with Gasteiger partial charge in [-0.3, -0.25) is 4.79 Å². The molecule has 0 radical (unpaired) electrons. The van der Waals surface area contributed by atoms with Gasteiger partial charge in [-0.05, 0) is 80.5 Å². The topological polar surface area (TPSA) is 37.3 Å². The van der Waals surface area contributed by atoms with E-state index in [1.165, 1.54) is 5.57 Å². The molecule has 2 heteroatoms. The molecule has 4 rings (SSSR count). The third-order valence-electron chi connectivity index (χ3n) is 10.3. The van der Waals surface area contributed by atoms with E-state index in [4.69, 9.17) is 0 Å². The van der Waals surface area contributed by atoms with Crippen molar-refractivity contribution < 1.29 is 9.90 Å². The van der Waals surface area contributed by atoms with Crippen molar-refractivity contribution in [2.75, 3.05) is 0 Å². The maximum absolute atomic E-state index is 14.0. The normalized spacial score (nSPS) is 52.4. The molecule has 7 atom stereocenters. The van der Waals surface area contributed by atoms with Gasteiger partial charge < -0.3 is 5.11 Å². The van der Waals surface area contributed by atoms with Crippen LogP contribution in [-0.4, -0.2) is 17.0 Å². The van der Waals surface area contributed by atoms with E-state index in [9.17, 15) is 9.90 Å². The Morgan fingerprint density at radius 3 is 2.36 bits per heavy atom. The van der Waals surface area contributed by atoms with Crippen LogP contribution in [-0.2, 0) is 4.79 Å². The van der Waals surface area contributed by atoms with Gasteiger partial charge >= 0.3 is 0 Å². The first-order chi connectivity index (χ1) is 12.8. The van der Waals surface area contributed by atoms with Crippen LogP contribution < -0.4 is 0 Å². The van der Waals surface area contributed by atoms with E-state index in [-0.39, 0.29) is 27.8 Å². The number of rotatable bonds is 1. The molecule has 2 nitrogen and oxygen atoms in total. The van der Waals surface area contributed by atoms with E-state index in [1.54, 1.807) is 0 Å². The first kappa shape index (κ1) is 20.4. The zero-order valence-corrected chi connectivity index (χ0v) is 19.1. The van der Waals surface area contributed by atoms with Crippen molar-refractivity contribution in [3.63, 3.8) is 0 Å². The maximum atomic E-state index is 14.0. The average molecular weight is 385 g/mol. The van der Waals surface area contributed by atoms with Crippen LogP contribution in [0.3, 0.4) is 0 Å². The average Bonchev–Trinajstić information content (AvgIpc) is 2.57. The summed E-state index contributed by atoms with van der Waals surface area (Å²) >= 11 is 0. The quantitative estimate of drug-likeness (QED) is 0.555. The third-order valence-corrected chi connectivity index (χ3v) is 10.3. The van der Waals surface area contributed by atoms with Gasteiger partial charge in [0.25, 0.3) is 0 Å². The van der Waals surface area contributed by atoms with E-state index in [0.717, 1.165) is 44.1 Å². The van der Waals surface area contributed by atoms with Crippen LogP contribution in [0, 0.1) is 38.9 Å². The molecule has 0 amide bonds. The van der Waals surface area contributed by atoms with E-state index in [2.05, 4.69) is 61.1 Å². The molecular formula is C26H40O2. The molecule has 1 N–H and O–H groups in total. The predicted molar refractivity (Wildman–Crippen MR) is 115 cm³/mol. The second-order valence-corrected chi connectivity index (χ2v) is 12.3. The molecule has 2 bridgehead atoms. The molecule has 0 aromatic heterocycles. The number of aliphatic hydroxyl groups excluding tert-OH is 1. The molecule has 3 saturated carbocycles. The summed E-state index contributed by atoms with van der Waals surface area (Å²) < 4.78 is 0. The summed E-state index contributed by atoms with van der Waals surface area (Å²) in [7, 11) is 0. The summed E-state index contributed by atoms with van der Waals surface area (Å²) in [5.41, 5.74) is 1.60. The number of hydrogen-bond acceptors (Lipinski definition) is 2. The molecule has 156 valence electrons. The lowest BCUT2D eigenvalue weighted by Gasteiger charge is -2.71. The minimum Gasteiger partial charge on any atom is -0.393 e. The monoisotopic (exact) mass is 384 g/mol. The Labute approximate surface area is 171 Å².